The van der Waals surface area contributed by atoms with Crippen LogP contribution in [0.15, 0.2) is 40.8 Å². The summed E-state index contributed by atoms with van der Waals surface area (Å²) < 4.78 is 15.3. The zero-order valence-corrected chi connectivity index (χ0v) is 20.3. The fourth-order valence-electron chi connectivity index (χ4n) is 3.08. The van der Waals surface area contributed by atoms with Crippen LogP contribution in [-0.2, 0) is 9.47 Å². The van der Waals surface area contributed by atoms with E-state index in [0.29, 0.717) is 5.56 Å². The number of esters is 2. The molecule has 2 N–H and O–H groups in total. The molecule has 0 aliphatic heterocycles. The van der Waals surface area contributed by atoms with Crippen molar-refractivity contribution in [2.45, 2.75) is 13.8 Å². The van der Waals surface area contributed by atoms with Gasteiger partial charge in [0.2, 0.25) is 0 Å². The molecule has 13 heteroatoms. The van der Waals surface area contributed by atoms with Gasteiger partial charge in [0.05, 0.1) is 29.8 Å². The molecule has 182 valence electrons. The van der Waals surface area contributed by atoms with Gasteiger partial charge in [0, 0.05) is 6.07 Å². The summed E-state index contributed by atoms with van der Waals surface area (Å²) in [6.07, 6.45) is 0. The van der Waals surface area contributed by atoms with Crippen LogP contribution in [0, 0.1) is 17.0 Å². The number of furan rings is 1. The van der Waals surface area contributed by atoms with Crippen molar-refractivity contribution in [1.82, 2.24) is 5.32 Å². The largest absolute Gasteiger partial charge is 0.465 e. The Balaban J connectivity index is 1.80. The van der Waals surface area contributed by atoms with E-state index < -0.39 is 22.8 Å². The summed E-state index contributed by atoms with van der Waals surface area (Å²) >= 11 is 6.11. The van der Waals surface area contributed by atoms with Gasteiger partial charge in [-0.15, -0.1) is 11.3 Å². The lowest BCUT2D eigenvalue weighted by atomic mass is 10.1. The summed E-state index contributed by atoms with van der Waals surface area (Å²) in [5, 5.41) is 16.4. The number of carbonyl (C=O) groups is 3. The lowest BCUT2D eigenvalue weighted by Crippen LogP contribution is -2.34. The van der Waals surface area contributed by atoms with Crippen molar-refractivity contribution < 1.29 is 33.2 Å². The van der Waals surface area contributed by atoms with Crippen LogP contribution >= 0.6 is 23.6 Å². The molecule has 0 fully saturated rings. The van der Waals surface area contributed by atoms with E-state index in [0.717, 1.165) is 11.3 Å². The fourth-order valence-corrected chi connectivity index (χ4v) is 4.46. The summed E-state index contributed by atoms with van der Waals surface area (Å²) in [5.41, 5.74) is 0.468. The van der Waals surface area contributed by atoms with Crippen LogP contribution in [0.3, 0.4) is 0 Å². The molecule has 0 saturated carbocycles. The highest BCUT2D eigenvalue weighted by Crippen LogP contribution is 2.34. The molecule has 0 unspecified atom stereocenters. The zero-order chi connectivity index (χ0) is 25.7. The third kappa shape index (κ3) is 5.53. The molecule has 1 amide bonds. The van der Waals surface area contributed by atoms with E-state index >= 15 is 0 Å². The van der Waals surface area contributed by atoms with Gasteiger partial charge in [-0.2, -0.15) is 0 Å². The Bertz CT molecular complexity index is 1330. The number of nitro groups is 1. The zero-order valence-electron chi connectivity index (χ0n) is 18.7. The molecule has 2 aromatic heterocycles. The number of nitro benzene ring substituents is 1. The second kappa shape index (κ2) is 10.9. The second-order valence-corrected chi connectivity index (χ2v) is 8.25. The molecule has 3 rings (SSSR count). The molecule has 0 saturated heterocycles. The summed E-state index contributed by atoms with van der Waals surface area (Å²) in [4.78, 5) is 48.0. The van der Waals surface area contributed by atoms with Crippen LogP contribution < -0.4 is 10.6 Å². The maximum Gasteiger partial charge on any atom is 0.348 e. The van der Waals surface area contributed by atoms with Gasteiger partial charge in [-0.25, -0.2) is 9.59 Å². The summed E-state index contributed by atoms with van der Waals surface area (Å²) in [6.45, 7) is 3.32. The number of methoxy groups -OCH3 is 1. The van der Waals surface area contributed by atoms with Crippen molar-refractivity contribution in [3.05, 3.63) is 68.3 Å². The van der Waals surface area contributed by atoms with Crippen LogP contribution in [0.4, 0.5) is 10.7 Å². The first-order chi connectivity index (χ1) is 16.7. The normalized spacial score (nSPS) is 10.4. The van der Waals surface area contributed by atoms with E-state index in [1.165, 1.54) is 37.4 Å². The molecule has 1 aromatic carbocycles. The predicted octanol–water partition coefficient (Wildman–Crippen LogP) is 4.31. The Kier molecular flexibility index (Phi) is 7.94. The third-order valence-corrected chi connectivity index (χ3v) is 6.04. The molecule has 0 bridgehead atoms. The van der Waals surface area contributed by atoms with Gasteiger partial charge in [0.15, 0.2) is 10.9 Å². The third-order valence-electron chi connectivity index (χ3n) is 4.65. The minimum atomic E-state index is -0.730. The highest BCUT2D eigenvalue weighted by atomic mass is 32.1. The quantitative estimate of drug-likeness (QED) is 0.201. The number of rotatable bonds is 7. The van der Waals surface area contributed by atoms with Crippen LogP contribution in [0.25, 0.3) is 11.3 Å². The van der Waals surface area contributed by atoms with Crippen molar-refractivity contribution in [2.24, 2.45) is 0 Å². The minimum Gasteiger partial charge on any atom is -0.465 e. The first kappa shape index (κ1) is 25.5. The number of benzene rings is 1. The molecule has 2 heterocycles. The Hall–Kier alpha value is -4.10. The van der Waals surface area contributed by atoms with Gasteiger partial charge in [0.1, 0.15) is 15.6 Å². The predicted molar refractivity (Wildman–Crippen MR) is 131 cm³/mol. The van der Waals surface area contributed by atoms with E-state index in [2.05, 4.69) is 10.6 Å². The Labute approximate surface area is 208 Å². The first-order valence-electron chi connectivity index (χ1n) is 10.0. The number of hydrogen-bond donors (Lipinski definition) is 2. The lowest BCUT2D eigenvalue weighted by molar-refractivity contribution is -0.384. The van der Waals surface area contributed by atoms with E-state index in [1.807, 2.05) is 0 Å². The number of ether oxygens (including phenoxy) is 2. The summed E-state index contributed by atoms with van der Waals surface area (Å²) in [5.74, 6) is -2.06. The topological polar surface area (TPSA) is 150 Å². The maximum absolute atomic E-state index is 12.6. The van der Waals surface area contributed by atoms with Crippen molar-refractivity contribution in [2.75, 3.05) is 19.0 Å². The molecular weight excluding hydrogens is 498 g/mol. The number of thiophene rings is 1. The molecular formula is C22H19N3O8S2. The van der Waals surface area contributed by atoms with Crippen molar-refractivity contribution in [3.8, 4) is 11.3 Å². The molecule has 35 heavy (non-hydrogen) atoms. The van der Waals surface area contributed by atoms with Gasteiger partial charge in [-0.05, 0) is 49.8 Å². The number of nitrogens with zero attached hydrogens (tertiary/aromatic N) is 1. The Morgan fingerprint density at radius 3 is 2.54 bits per heavy atom. The number of hydrogen-bond acceptors (Lipinski definition) is 10. The molecule has 0 aliphatic carbocycles. The van der Waals surface area contributed by atoms with E-state index in [-0.39, 0.29) is 49.9 Å². The van der Waals surface area contributed by atoms with Crippen LogP contribution in [0.5, 0.6) is 0 Å². The second-order valence-electron chi connectivity index (χ2n) is 6.82. The monoisotopic (exact) mass is 517 g/mol. The number of carbonyl (C=O) groups excluding carboxylic acids is 3. The smallest absolute Gasteiger partial charge is 0.348 e. The lowest BCUT2D eigenvalue weighted by Gasteiger charge is -2.09. The average Bonchev–Trinajstić information content (AvgIpc) is 3.43. The Morgan fingerprint density at radius 1 is 1.17 bits per heavy atom. The van der Waals surface area contributed by atoms with E-state index in [1.54, 1.807) is 19.9 Å². The minimum absolute atomic E-state index is 0.0884. The fraction of sp³-hybridized carbons (Fsp3) is 0.182. The SMILES string of the molecule is CCOC(=O)c1c(NC(=S)NC(=O)c2ccc(-c3ccccc3[N+](=O)[O-])o2)sc(C(=O)OC)c1C. The van der Waals surface area contributed by atoms with Gasteiger partial charge in [0.25, 0.3) is 11.6 Å². The van der Waals surface area contributed by atoms with Crippen molar-refractivity contribution in [1.29, 1.82) is 0 Å². The standard InChI is InChI=1S/C22H19N3O8S2/c1-4-32-20(27)16-11(2)17(21(28)31-3)35-19(16)24-22(34)23-18(26)15-10-9-14(33-15)12-7-5-6-8-13(12)25(29)30/h5-10H,4H2,1-3H3,(H2,23,24,26,34). The first-order valence-corrected chi connectivity index (χ1v) is 11.2. The summed E-state index contributed by atoms with van der Waals surface area (Å²) in [6, 6.07) is 8.72. The highest BCUT2D eigenvalue weighted by molar-refractivity contribution is 7.80. The number of nitrogens with one attached hydrogen (secondary N) is 2. The number of amides is 1. The van der Waals surface area contributed by atoms with Gasteiger partial charge in [-0.3, -0.25) is 20.2 Å². The molecule has 0 radical (unpaired) electrons. The maximum atomic E-state index is 12.6. The number of thiocarbonyl (C=S) groups is 1. The van der Waals surface area contributed by atoms with E-state index in [4.69, 9.17) is 26.1 Å². The van der Waals surface area contributed by atoms with Crippen LogP contribution in [0.1, 0.15) is 43.1 Å². The Morgan fingerprint density at radius 2 is 1.89 bits per heavy atom. The molecule has 0 spiro atoms. The number of anilines is 1. The summed E-state index contributed by atoms with van der Waals surface area (Å²) in [7, 11) is 1.21. The van der Waals surface area contributed by atoms with Crippen LogP contribution in [0.2, 0.25) is 0 Å². The van der Waals surface area contributed by atoms with Gasteiger partial charge < -0.3 is 19.2 Å². The van der Waals surface area contributed by atoms with Crippen molar-refractivity contribution in [3.63, 3.8) is 0 Å². The number of para-hydroxylation sites is 1. The van der Waals surface area contributed by atoms with Gasteiger partial charge >= 0.3 is 11.9 Å². The average molecular weight is 518 g/mol. The molecule has 0 atom stereocenters. The van der Waals surface area contributed by atoms with Crippen LogP contribution in [-0.4, -0.2) is 41.6 Å². The molecule has 0 aliphatic rings. The molecule has 3 aromatic rings. The van der Waals surface area contributed by atoms with E-state index in [9.17, 15) is 24.5 Å². The van der Waals surface area contributed by atoms with Crippen molar-refractivity contribution >= 4 is 57.2 Å². The van der Waals surface area contributed by atoms with Gasteiger partial charge in [-0.1, -0.05) is 12.1 Å². The highest BCUT2D eigenvalue weighted by Gasteiger charge is 2.27. The molecule has 11 nitrogen and oxygen atoms in total.